The molecule has 0 fully saturated rings. The average Bonchev–Trinajstić information content (AvgIpc) is 3.43. The molecular formula is C43H30N2Si. The number of hydrogen-bond acceptors (Lipinski definition) is 2. The van der Waals surface area contributed by atoms with Gasteiger partial charge in [-0.15, -0.1) is 0 Å². The molecular weight excluding hydrogens is 573 g/mol. The first-order valence-corrected chi connectivity index (χ1v) is 18.2. The minimum atomic E-state index is -1.59. The molecule has 0 bridgehead atoms. The van der Waals surface area contributed by atoms with Crippen molar-refractivity contribution in [1.29, 1.82) is 0 Å². The van der Waals surface area contributed by atoms with Gasteiger partial charge in [0.1, 0.15) is 8.80 Å². The van der Waals surface area contributed by atoms with Crippen LogP contribution in [0.4, 0.5) is 0 Å². The molecule has 0 aliphatic carbocycles. The molecule has 0 saturated carbocycles. The standard InChI is InChI=1S/C43H30N2Si/c1-46-38-25-24-30-15-6-8-22-36(30)39(38)41-42(46)40(44-43(45-41)37-23-11-16-29-14-5-7-21-35(29)37)34-20-10-19-33(27-34)32-18-9-17-31(26-32)28-12-3-2-4-13-28/h2-27,46H,1H3. The molecule has 2 heterocycles. The number of benzene rings is 7. The fraction of sp³-hybridized carbons (Fsp3) is 0.0233. The Balaban J connectivity index is 1.28. The third-order valence-electron chi connectivity index (χ3n) is 9.51. The Hall–Kier alpha value is -5.64. The Labute approximate surface area is 270 Å². The van der Waals surface area contributed by atoms with Gasteiger partial charge in [0.25, 0.3) is 0 Å². The van der Waals surface area contributed by atoms with E-state index in [1.807, 2.05) is 0 Å². The predicted molar refractivity (Wildman–Crippen MR) is 197 cm³/mol. The summed E-state index contributed by atoms with van der Waals surface area (Å²) in [6, 6.07) is 56.7. The van der Waals surface area contributed by atoms with Gasteiger partial charge < -0.3 is 0 Å². The fourth-order valence-corrected chi connectivity index (χ4v) is 9.94. The Morgan fingerprint density at radius 1 is 0.435 bits per heavy atom. The van der Waals surface area contributed by atoms with E-state index in [-0.39, 0.29) is 0 Å². The summed E-state index contributed by atoms with van der Waals surface area (Å²) in [5.41, 5.74) is 10.5. The SMILES string of the molecule is C[SiH]1c2ccc3ccccc3c2-c2nc(-c3cccc4ccccc34)nc(-c3cccc(-c4cccc(-c5ccccc5)c4)c3)c21. The van der Waals surface area contributed by atoms with Gasteiger partial charge in [-0.3, -0.25) is 0 Å². The van der Waals surface area contributed by atoms with Crippen LogP contribution in [0, 0.1) is 0 Å². The van der Waals surface area contributed by atoms with Gasteiger partial charge in [0.2, 0.25) is 0 Å². The van der Waals surface area contributed by atoms with Crippen LogP contribution in [0.5, 0.6) is 0 Å². The van der Waals surface area contributed by atoms with Gasteiger partial charge in [-0.05, 0) is 66.3 Å². The molecule has 1 atom stereocenters. The van der Waals surface area contributed by atoms with Crippen LogP contribution in [0.15, 0.2) is 158 Å². The second-order valence-electron chi connectivity index (χ2n) is 12.2. The van der Waals surface area contributed by atoms with Crippen LogP contribution in [-0.4, -0.2) is 18.8 Å². The van der Waals surface area contributed by atoms with Gasteiger partial charge in [-0.2, -0.15) is 0 Å². The summed E-state index contributed by atoms with van der Waals surface area (Å²) < 4.78 is 0. The average molecular weight is 603 g/mol. The zero-order valence-corrected chi connectivity index (χ0v) is 26.6. The maximum atomic E-state index is 5.47. The van der Waals surface area contributed by atoms with Crippen LogP contribution in [-0.2, 0) is 0 Å². The number of fused-ring (bicyclic) bond motifs is 6. The first-order chi connectivity index (χ1) is 22.7. The van der Waals surface area contributed by atoms with Crippen LogP contribution < -0.4 is 10.4 Å². The maximum absolute atomic E-state index is 5.47. The number of nitrogens with zero attached hydrogens (tertiary/aromatic N) is 2. The molecule has 0 radical (unpaired) electrons. The van der Waals surface area contributed by atoms with Gasteiger partial charge in [0.05, 0.1) is 11.4 Å². The molecule has 1 aliphatic rings. The molecule has 9 rings (SSSR count). The van der Waals surface area contributed by atoms with E-state index in [2.05, 4.69) is 164 Å². The second-order valence-corrected chi connectivity index (χ2v) is 14.8. The van der Waals surface area contributed by atoms with E-state index in [9.17, 15) is 0 Å². The Kier molecular flexibility index (Phi) is 6.25. The Morgan fingerprint density at radius 2 is 0.978 bits per heavy atom. The van der Waals surface area contributed by atoms with Crippen molar-refractivity contribution < 1.29 is 0 Å². The summed E-state index contributed by atoms with van der Waals surface area (Å²) in [5.74, 6) is 0.781. The largest absolute Gasteiger partial charge is 0.228 e. The van der Waals surface area contributed by atoms with Crippen molar-refractivity contribution in [2.45, 2.75) is 6.55 Å². The van der Waals surface area contributed by atoms with Gasteiger partial charge in [-0.1, -0.05) is 152 Å². The van der Waals surface area contributed by atoms with Crippen molar-refractivity contribution in [3.63, 3.8) is 0 Å². The van der Waals surface area contributed by atoms with Gasteiger partial charge >= 0.3 is 0 Å². The molecule has 2 nitrogen and oxygen atoms in total. The quantitative estimate of drug-likeness (QED) is 0.188. The minimum absolute atomic E-state index is 0.781. The highest BCUT2D eigenvalue weighted by Gasteiger charge is 2.34. The van der Waals surface area contributed by atoms with Crippen molar-refractivity contribution in [2.24, 2.45) is 0 Å². The lowest BCUT2D eigenvalue weighted by atomic mass is 9.96. The summed E-state index contributed by atoms with van der Waals surface area (Å²) in [6.45, 7) is 2.44. The van der Waals surface area contributed by atoms with E-state index in [0.717, 1.165) is 28.3 Å². The van der Waals surface area contributed by atoms with E-state index >= 15 is 0 Å². The van der Waals surface area contributed by atoms with E-state index in [1.165, 1.54) is 59.7 Å². The summed E-state index contributed by atoms with van der Waals surface area (Å²) >= 11 is 0. The number of aromatic nitrogens is 2. The normalized spacial score (nSPS) is 13.5. The van der Waals surface area contributed by atoms with Gasteiger partial charge in [-0.25, -0.2) is 9.97 Å². The van der Waals surface area contributed by atoms with Crippen LogP contribution in [0.25, 0.3) is 77.7 Å². The summed E-state index contributed by atoms with van der Waals surface area (Å²) in [5, 5.41) is 7.68. The van der Waals surface area contributed by atoms with E-state index in [1.54, 1.807) is 0 Å². The molecule has 1 unspecified atom stereocenters. The molecule has 7 aromatic carbocycles. The minimum Gasteiger partial charge on any atom is -0.228 e. The van der Waals surface area contributed by atoms with E-state index in [0.29, 0.717) is 0 Å². The van der Waals surface area contributed by atoms with E-state index < -0.39 is 8.80 Å². The Morgan fingerprint density at radius 3 is 1.76 bits per heavy atom. The first-order valence-electron chi connectivity index (χ1n) is 15.9. The smallest absolute Gasteiger partial charge is 0.161 e. The van der Waals surface area contributed by atoms with Crippen molar-refractivity contribution >= 4 is 40.7 Å². The second kappa shape index (κ2) is 10.8. The molecule has 1 aromatic heterocycles. The summed E-state index contributed by atoms with van der Waals surface area (Å²) in [7, 11) is -1.59. The summed E-state index contributed by atoms with van der Waals surface area (Å²) in [6.07, 6.45) is 0. The monoisotopic (exact) mass is 602 g/mol. The van der Waals surface area contributed by atoms with Crippen LogP contribution in [0.2, 0.25) is 6.55 Å². The molecule has 1 aliphatic heterocycles. The van der Waals surface area contributed by atoms with Crippen LogP contribution in [0.1, 0.15) is 0 Å². The van der Waals surface area contributed by atoms with Crippen molar-refractivity contribution in [3.05, 3.63) is 158 Å². The van der Waals surface area contributed by atoms with Crippen molar-refractivity contribution in [1.82, 2.24) is 9.97 Å². The topological polar surface area (TPSA) is 25.8 Å². The van der Waals surface area contributed by atoms with Gasteiger partial charge in [0.15, 0.2) is 5.82 Å². The maximum Gasteiger partial charge on any atom is 0.161 e. The molecule has 3 heteroatoms. The van der Waals surface area contributed by atoms with Crippen LogP contribution in [0.3, 0.4) is 0 Å². The van der Waals surface area contributed by atoms with Crippen molar-refractivity contribution in [3.8, 4) is 56.2 Å². The highest BCUT2D eigenvalue weighted by atomic mass is 28.3. The first kappa shape index (κ1) is 26.7. The molecule has 8 aromatic rings. The molecule has 0 spiro atoms. The zero-order chi connectivity index (χ0) is 30.6. The highest BCUT2D eigenvalue weighted by molar-refractivity contribution is 6.89. The number of rotatable bonds is 4. The molecule has 0 N–H and O–H groups in total. The molecule has 46 heavy (non-hydrogen) atoms. The predicted octanol–water partition coefficient (Wildman–Crippen LogP) is 9.40. The van der Waals surface area contributed by atoms with Crippen molar-refractivity contribution in [2.75, 3.05) is 0 Å². The lowest BCUT2D eigenvalue weighted by molar-refractivity contribution is 1.21. The molecule has 0 amide bonds. The zero-order valence-electron chi connectivity index (χ0n) is 25.5. The lowest BCUT2D eigenvalue weighted by Crippen LogP contribution is -2.36. The van der Waals surface area contributed by atoms with Crippen LogP contribution >= 0.6 is 0 Å². The molecule has 216 valence electrons. The fourth-order valence-electron chi connectivity index (χ4n) is 7.26. The number of hydrogen-bond donors (Lipinski definition) is 0. The van der Waals surface area contributed by atoms with E-state index in [4.69, 9.17) is 9.97 Å². The van der Waals surface area contributed by atoms with Gasteiger partial charge in [0, 0.05) is 16.7 Å². The Bertz CT molecular complexity index is 2440. The third kappa shape index (κ3) is 4.32. The lowest BCUT2D eigenvalue weighted by Gasteiger charge is -2.15. The summed E-state index contributed by atoms with van der Waals surface area (Å²) in [4.78, 5) is 10.9. The molecule has 0 saturated heterocycles. The third-order valence-corrected chi connectivity index (χ3v) is 12.3. The highest BCUT2D eigenvalue weighted by Crippen LogP contribution is 2.37.